The van der Waals surface area contributed by atoms with E-state index in [2.05, 4.69) is 58.8 Å². The summed E-state index contributed by atoms with van der Waals surface area (Å²) in [6.45, 7) is 10.9. The third-order valence-electron chi connectivity index (χ3n) is 2.73. The fraction of sp³-hybridized carbons (Fsp3) is 0.615. The Morgan fingerprint density at radius 1 is 1.24 bits per heavy atom. The van der Waals surface area contributed by atoms with Gasteiger partial charge in [0.25, 0.3) is 0 Å². The van der Waals surface area contributed by atoms with Gasteiger partial charge in [0, 0.05) is 35.8 Å². The zero-order chi connectivity index (χ0) is 12.8. The molecule has 1 aromatic heterocycles. The first-order chi connectivity index (χ1) is 8.00. The lowest BCUT2D eigenvalue weighted by Crippen LogP contribution is -2.40. The molecule has 1 aromatic rings. The van der Waals surface area contributed by atoms with Crippen molar-refractivity contribution in [3.63, 3.8) is 0 Å². The van der Waals surface area contributed by atoms with Gasteiger partial charge in [0.15, 0.2) is 0 Å². The molecule has 3 nitrogen and oxygen atoms in total. The first-order valence-corrected chi connectivity index (χ1v) is 6.91. The van der Waals surface area contributed by atoms with E-state index in [4.69, 9.17) is 0 Å². The van der Waals surface area contributed by atoms with Crippen LogP contribution in [0.2, 0.25) is 0 Å². The third kappa shape index (κ3) is 5.04. The Hall–Kier alpha value is -0.610. The van der Waals surface area contributed by atoms with Crippen LogP contribution < -0.4 is 5.32 Å². The number of hydrogen-bond acceptors (Lipinski definition) is 3. The number of anilines is 1. The summed E-state index contributed by atoms with van der Waals surface area (Å²) < 4.78 is 1.01. The summed E-state index contributed by atoms with van der Waals surface area (Å²) in [5, 5.41) is 3.34. The Labute approximate surface area is 113 Å². The van der Waals surface area contributed by atoms with Crippen molar-refractivity contribution in [3.8, 4) is 0 Å². The monoisotopic (exact) mass is 299 g/mol. The molecule has 0 saturated heterocycles. The van der Waals surface area contributed by atoms with Gasteiger partial charge in [-0.25, -0.2) is 4.98 Å². The molecule has 0 spiro atoms. The summed E-state index contributed by atoms with van der Waals surface area (Å²) in [7, 11) is 0. The number of rotatable bonds is 6. The Bertz CT molecular complexity index is 314. The van der Waals surface area contributed by atoms with E-state index in [0.29, 0.717) is 12.1 Å². The highest BCUT2D eigenvalue weighted by molar-refractivity contribution is 9.10. The number of hydrogen-bond donors (Lipinski definition) is 1. The molecule has 0 unspecified atom stereocenters. The molecule has 0 aliphatic carbocycles. The predicted molar refractivity (Wildman–Crippen MR) is 77.4 cm³/mol. The van der Waals surface area contributed by atoms with Crippen LogP contribution in [0.4, 0.5) is 5.82 Å². The van der Waals surface area contributed by atoms with Crippen molar-refractivity contribution in [2.75, 3.05) is 18.4 Å². The highest BCUT2D eigenvalue weighted by Crippen LogP contribution is 2.10. The van der Waals surface area contributed by atoms with Crippen molar-refractivity contribution in [2.45, 2.75) is 39.8 Å². The molecule has 96 valence electrons. The van der Waals surface area contributed by atoms with E-state index in [1.54, 1.807) is 0 Å². The molecule has 1 N–H and O–H groups in total. The molecule has 0 aliphatic heterocycles. The second-order valence-corrected chi connectivity index (χ2v) is 5.63. The van der Waals surface area contributed by atoms with Crippen molar-refractivity contribution in [3.05, 3.63) is 22.8 Å². The molecule has 0 aliphatic rings. The maximum atomic E-state index is 4.29. The Kier molecular flexibility index (Phi) is 5.92. The lowest BCUT2D eigenvalue weighted by Gasteiger charge is -2.30. The van der Waals surface area contributed by atoms with Gasteiger partial charge in [-0.1, -0.05) is 0 Å². The Morgan fingerprint density at radius 2 is 1.88 bits per heavy atom. The average molecular weight is 300 g/mol. The van der Waals surface area contributed by atoms with Gasteiger partial charge in [-0.05, 0) is 55.8 Å². The van der Waals surface area contributed by atoms with E-state index in [1.807, 2.05) is 18.3 Å². The van der Waals surface area contributed by atoms with Crippen LogP contribution in [-0.2, 0) is 0 Å². The van der Waals surface area contributed by atoms with Crippen molar-refractivity contribution >= 4 is 21.7 Å². The molecule has 0 radical (unpaired) electrons. The zero-order valence-electron chi connectivity index (χ0n) is 11.1. The fourth-order valence-electron chi connectivity index (χ4n) is 1.91. The van der Waals surface area contributed by atoms with Crippen LogP contribution in [0.1, 0.15) is 27.7 Å². The van der Waals surface area contributed by atoms with Crippen molar-refractivity contribution < 1.29 is 0 Å². The second-order valence-electron chi connectivity index (χ2n) is 4.71. The SMILES string of the molecule is CC(C)N(CCNc1ccc(Br)cn1)C(C)C. The van der Waals surface area contributed by atoms with Gasteiger partial charge >= 0.3 is 0 Å². The highest BCUT2D eigenvalue weighted by Gasteiger charge is 2.12. The Morgan fingerprint density at radius 3 is 2.35 bits per heavy atom. The molecule has 1 heterocycles. The maximum absolute atomic E-state index is 4.29. The molecule has 17 heavy (non-hydrogen) atoms. The van der Waals surface area contributed by atoms with E-state index in [-0.39, 0.29) is 0 Å². The summed E-state index contributed by atoms with van der Waals surface area (Å²) in [4.78, 5) is 6.75. The first kappa shape index (κ1) is 14.5. The van der Waals surface area contributed by atoms with Crippen LogP contribution in [0.3, 0.4) is 0 Å². The second kappa shape index (κ2) is 6.97. The molecule has 0 fully saturated rings. The lowest BCUT2D eigenvalue weighted by atomic mass is 10.2. The van der Waals surface area contributed by atoms with E-state index < -0.39 is 0 Å². The minimum absolute atomic E-state index is 0.578. The van der Waals surface area contributed by atoms with Crippen molar-refractivity contribution in [1.29, 1.82) is 0 Å². The summed E-state index contributed by atoms with van der Waals surface area (Å²) in [6.07, 6.45) is 1.81. The summed E-state index contributed by atoms with van der Waals surface area (Å²) in [5.74, 6) is 0.931. The lowest BCUT2D eigenvalue weighted by molar-refractivity contribution is 0.182. The minimum Gasteiger partial charge on any atom is -0.369 e. The van der Waals surface area contributed by atoms with Crippen LogP contribution >= 0.6 is 15.9 Å². The number of nitrogens with zero attached hydrogens (tertiary/aromatic N) is 2. The van der Waals surface area contributed by atoms with Crippen LogP contribution in [0.25, 0.3) is 0 Å². The molecule has 0 atom stereocenters. The van der Waals surface area contributed by atoms with E-state index in [1.165, 1.54) is 0 Å². The first-order valence-electron chi connectivity index (χ1n) is 6.12. The predicted octanol–water partition coefficient (Wildman–Crippen LogP) is 3.37. The van der Waals surface area contributed by atoms with Gasteiger partial charge in [0.2, 0.25) is 0 Å². The van der Waals surface area contributed by atoms with Crippen molar-refractivity contribution in [2.24, 2.45) is 0 Å². The largest absolute Gasteiger partial charge is 0.369 e. The van der Waals surface area contributed by atoms with E-state index >= 15 is 0 Å². The van der Waals surface area contributed by atoms with Gasteiger partial charge < -0.3 is 5.32 Å². The summed E-state index contributed by atoms with van der Waals surface area (Å²) >= 11 is 3.38. The van der Waals surface area contributed by atoms with Crippen LogP contribution in [0, 0.1) is 0 Å². The molecular formula is C13H22BrN3. The topological polar surface area (TPSA) is 28.2 Å². The van der Waals surface area contributed by atoms with Gasteiger partial charge in [-0.3, -0.25) is 4.90 Å². The number of halogens is 1. The fourth-order valence-corrected chi connectivity index (χ4v) is 2.14. The number of nitrogens with one attached hydrogen (secondary N) is 1. The molecule has 0 bridgehead atoms. The molecule has 0 amide bonds. The van der Waals surface area contributed by atoms with Gasteiger partial charge in [-0.15, -0.1) is 0 Å². The Balaban J connectivity index is 2.38. The van der Waals surface area contributed by atoms with Crippen LogP contribution in [0.15, 0.2) is 22.8 Å². The minimum atomic E-state index is 0.578. The molecule has 1 rings (SSSR count). The molecular weight excluding hydrogens is 278 g/mol. The normalized spacial score (nSPS) is 11.5. The highest BCUT2D eigenvalue weighted by atomic mass is 79.9. The van der Waals surface area contributed by atoms with Crippen LogP contribution in [0.5, 0.6) is 0 Å². The average Bonchev–Trinajstić information content (AvgIpc) is 2.25. The summed E-state index contributed by atoms with van der Waals surface area (Å²) in [6, 6.07) is 5.14. The molecule has 0 aromatic carbocycles. The van der Waals surface area contributed by atoms with E-state index in [0.717, 1.165) is 23.4 Å². The van der Waals surface area contributed by atoms with Crippen molar-refractivity contribution in [1.82, 2.24) is 9.88 Å². The van der Waals surface area contributed by atoms with Gasteiger partial charge in [0.05, 0.1) is 0 Å². The molecule has 0 saturated carbocycles. The van der Waals surface area contributed by atoms with Crippen LogP contribution in [-0.4, -0.2) is 35.1 Å². The molecule has 4 heteroatoms. The quantitative estimate of drug-likeness (QED) is 0.873. The summed E-state index contributed by atoms with van der Waals surface area (Å²) in [5.41, 5.74) is 0. The maximum Gasteiger partial charge on any atom is 0.126 e. The van der Waals surface area contributed by atoms with E-state index in [9.17, 15) is 0 Å². The zero-order valence-corrected chi connectivity index (χ0v) is 12.7. The third-order valence-corrected chi connectivity index (χ3v) is 3.20. The van der Waals surface area contributed by atoms with Gasteiger partial charge in [0.1, 0.15) is 5.82 Å². The smallest absolute Gasteiger partial charge is 0.126 e. The number of pyridine rings is 1. The standard InChI is InChI=1S/C13H22BrN3/c1-10(2)17(11(3)4)8-7-15-13-6-5-12(14)9-16-13/h5-6,9-11H,7-8H2,1-4H3,(H,15,16). The number of aromatic nitrogens is 1. The van der Waals surface area contributed by atoms with Gasteiger partial charge in [-0.2, -0.15) is 0 Å².